The van der Waals surface area contributed by atoms with Crippen LogP contribution in [0.15, 0.2) is 54.6 Å². The molecule has 1 unspecified atom stereocenters. The van der Waals surface area contributed by atoms with Gasteiger partial charge in [-0.1, -0.05) is 48.9 Å². The summed E-state index contributed by atoms with van der Waals surface area (Å²) in [5.74, 6) is -0.599. The van der Waals surface area contributed by atoms with Gasteiger partial charge in [0, 0.05) is 36.9 Å². The van der Waals surface area contributed by atoms with Gasteiger partial charge < -0.3 is 15.1 Å². The summed E-state index contributed by atoms with van der Waals surface area (Å²) >= 11 is 5.95. The van der Waals surface area contributed by atoms with Crippen molar-refractivity contribution in [1.29, 1.82) is 0 Å². The van der Waals surface area contributed by atoms with Crippen LogP contribution in [0.3, 0.4) is 0 Å². The van der Waals surface area contributed by atoms with Crippen LogP contribution in [0.25, 0.3) is 0 Å². The predicted molar refractivity (Wildman–Crippen MR) is 119 cm³/mol. The molecule has 2 aromatic rings. The van der Waals surface area contributed by atoms with E-state index in [9.17, 15) is 14.4 Å². The Hall–Kier alpha value is -3.06. The van der Waals surface area contributed by atoms with E-state index >= 15 is 0 Å². The van der Waals surface area contributed by atoms with E-state index in [0.29, 0.717) is 37.6 Å². The van der Waals surface area contributed by atoms with Gasteiger partial charge in [0.25, 0.3) is 5.91 Å². The van der Waals surface area contributed by atoms with Gasteiger partial charge in [0.2, 0.25) is 5.91 Å². The van der Waals surface area contributed by atoms with Crippen molar-refractivity contribution in [2.75, 3.05) is 37.6 Å². The lowest BCUT2D eigenvalue weighted by Crippen LogP contribution is -2.52. The molecule has 8 heteroatoms. The number of carbonyl (C=O) groups is 3. The maximum Gasteiger partial charge on any atom is 0.325 e. The van der Waals surface area contributed by atoms with Crippen molar-refractivity contribution in [1.82, 2.24) is 15.1 Å². The van der Waals surface area contributed by atoms with Crippen molar-refractivity contribution in [3.63, 3.8) is 0 Å². The number of urea groups is 1. The summed E-state index contributed by atoms with van der Waals surface area (Å²) in [5.41, 5.74) is 0.662. The number of benzene rings is 2. The van der Waals surface area contributed by atoms with Crippen LogP contribution in [0, 0.1) is 0 Å². The Morgan fingerprint density at radius 1 is 1.00 bits per heavy atom. The quantitative estimate of drug-likeness (QED) is 0.725. The van der Waals surface area contributed by atoms with Crippen LogP contribution >= 0.6 is 11.6 Å². The lowest BCUT2D eigenvalue weighted by Gasteiger charge is -2.36. The number of amides is 4. The number of hydrogen-bond donors (Lipinski definition) is 1. The third-order valence-corrected chi connectivity index (χ3v) is 6.34. The van der Waals surface area contributed by atoms with Crippen molar-refractivity contribution in [3.8, 4) is 0 Å². The third-order valence-electron chi connectivity index (χ3n) is 6.09. The summed E-state index contributed by atoms with van der Waals surface area (Å²) in [6.45, 7) is 4.02. The number of rotatable bonds is 5. The van der Waals surface area contributed by atoms with E-state index in [1.807, 2.05) is 61.5 Å². The summed E-state index contributed by atoms with van der Waals surface area (Å²) in [6.07, 6.45) is 0.409. The van der Waals surface area contributed by atoms with Gasteiger partial charge in [-0.05, 0) is 36.2 Å². The van der Waals surface area contributed by atoms with Crippen LogP contribution in [0.1, 0.15) is 18.9 Å². The molecule has 1 atom stereocenters. The largest absolute Gasteiger partial charge is 0.368 e. The highest BCUT2D eigenvalue weighted by Crippen LogP contribution is 2.32. The molecule has 0 bridgehead atoms. The van der Waals surface area contributed by atoms with Crippen LogP contribution in [-0.4, -0.2) is 60.4 Å². The second-order valence-electron chi connectivity index (χ2n) is 7.79. The number of nitrogens with one attached hydrogen (secondary N) is 1. The van der Waals surface area contributed by atoms with Crippen molar-refractivity contribution in [2.24, 2.45) is 0 Å². The van der Waals surface area contributed by atoms with Crippen LogP contribution in [0.5, 0.6) is 0 Å². The first-order valence-corrected chi connectivity index (χ1v) is 10.8. The molecule has 162 valence electrons. The molecule has 0 aromatic heterocycles. The van der Waals surface area contributed by atoms with E-state index in [2.05, 4.69) is 10.2 Å². The van der Waals surface area contributed by atoms with Crippen molar-refractivity contribution in [2.45, 2.75) is 18.9 Å². The predicted octanol–water partition coefficient (Wildman–Crippen LogP) is 2.85. The van der Waals surface area contributed by atoms with Gasteiger partial charge in [0.05, 0.1) is 0 Å². The molecule has 4 rings (SSSR count). The van der Waals surface area contributed by atoms with Crippen LogP contribution in [-0.2, 0) is 15.1 Å². The summed E-state index contributed by atoms with van der Waals surface area (Å²) in [4.78, 5) is 43.7. The summed E-state index contributed by atoms with van der Waals surface area (Å²) in [7, 11) is 0. The van der Waals surface area contributed by atoms with Gasteiger partial charge in [-0.15, -0.1) is 0 Å². The summed E-state index contributed by atoms with van der Waals surface area (Å²) in [6, 6.07) is 16.3. The zero-order valence-corrected chi connectivity index (χ0v) is 18.1. The molecule has 2 fully saturated rings. The molecule has 2 heterocycles. The first-order chi connectivity index (χ1) is 14.9. The molecule has 4 amide bonds. The Labute approximate surface area is 186 Å². The highest BCUT2D eigenvalue weighted by atomic mass is 35.5. The highest BCUT2D eigenvalue weighted by molar-refractivity contribution is 6.30. The van der Waals surface area contributed by atoms with Gasteiger partial charge in [-0.2, -0.15) is 0 Å². The Balaban J connectivity index is 1.40. The normalized spacial score (nSPS) is 21.4. The molecule has 7 nitrogen and oxygen atoms in total. The van der Waals surface area contributed by atoms with E-state index in [0.717, 1.165) is 16.2 Å². The smallest absolute Gasteiger partial charge is 0.325 e. The lowest BCUT2D eigenvalue weighted by atomic mass is 9.87. The molecule has 1 N–H and O–H groups in total. The Bertz CT molecular complexity index is 974. The molecular weight excluding hydrogens is 416 g/mol. The van der Waals surface area contributed by atoms with Gasteiger partial charge in [-0.25, -0.2) is 4.79 Å². The number of hydrogen-bond acceptors (Lipinski definition) is 4. The van der Waals surface area contributed by atoms with Crippen molar-refractivity contribution < 1.29 is 14.4 Å². The lowest BCUT2D eigenvalue weighted by molar-refractivity contribution is -0.139. The van der Waals surface area contributed by atoms with Crippen molar-refractivity contribution >= 4 is 35.1 Å². The minimum atomic E-state index is -1.12. The molecule has 2 saturated heterocycles. The first-order valence-electron chi connectivity index (χ1n) is 10.4. The molecule has 0 aliphatic carbocycles. The fourth-order valence-corrected chi connectivity index (χ4v) is 4.36. The minimum Gasteiger partial charge on any atom is -0.368 e. The van der Waals surface area contributed by atoms with Gasteiger partial charge >= 0.3 is 6.03 Å². The second-order valence-corrected chi connectivity index (χ2v) is 8.23. The molecule has 0 saturated carbocycles. The van der Waals surface area contributed by atoms with Gasteiger partial charge in [0.1, 0.15) is 12.1 Å². The van der Waals surface area contributed by atoms with Crippen LogP contribution < -0.4 is 10.2 Å². The number of anilines is 1. The van der Waals surface area contributed by atoms with E-state index < -0.39 is 11.6 Å². The fourth-order valence-electron chi connectivity index (χ4n) is 4.23. The third kappa shape index (κ3) is 3.97. The summed E-state index contributed by atoms with van der Waals surface area (Å²) in [5, 5.41) is 3.51. The molecule has 0 spiro atoms. The number of imide groups is 1. The fraction of sp³-hybridized carbons (Fsp3) is 0.348. The monoisotopic (exact) mass is 440 g/mol. The van der Waals surface area contributed by atoms with E-state index in [1.54, 1.807) is 4.90 Å². The van der Waals surface area contributed by atoms with E-state index in [4.69, 9.17) is 11.6 Å². The number of piperazine rings is 1. The van der Waals surface area contributed by atoms with Crippen LogP contribution in [0.4, 0.5) is 10.5 Å². The Morgan fingerprint density at radius 3 is 2.26 bits per heavy atom. The topological polar surface area (TPSA) is 73.0 Å². The van der Waals surface area contributed by atoms with Gasteiger partial charge in [-0.3, -0.25) is 14.5 Å². The Kier molecular flexibility index (Phi) is 5.87. The molecule has 2 aliphatic heterocycles. The number of halogens is 1. The van der Waals surface area contributed by atoms with Gasteiger partial charge in [0.15, 0.2) is 0 Å². The van der Waals surface area contributed by atoms with Crippen LogP contribution in [0.2, 0.25) is 5.02 Å². The number of carbonyl (C=O) groups excluding carboxylic acids is 3. The second kappa shape index (κ2) is 8.59. The molecular formula is C23H25ClN4O3. The van der Waals surface area contributed by atoms with E-state index in [1.165, 1.54) is 0 Å². The standard InChI is InChI=1S/C23H25ClN4O3/c1-2-23(17-6-4-3-5-7-17)21(30)28(22(31)25-23)16-20(29)27-14-12-26(13-15-27)19-10-8-18(24)9-11-19/h3-11H,2,12-16H2,1H3,(H,25,31). The minimum absolute atomic E-state index is 0.223. The maximum atomic E-state index is 13.2. The molecule has 0 radical (unpaired) electrons. The average molecular weight is 441 g/mol. The molecule has 2 aliphatic rings. The zero-order valence-electron chi connectivity index (χ0n) is 17.4. The Morgan fingerprint density at radius 2 is 1.65 bits per heavy atom. The first kappa shape index (κ1) is 21.2. The maximum absolute atomic E-state index is 13.2. The van der Waals surface area contributed by atoms with Crippen molar-refractivity contribution in [3.05, 3.63) is 65.2 Å². The molecule has 2 aromatic carbocycles. The zero-order chi connectivity index (χ0) is 22.0. The van der Waals surface area contributed by atoms with E-state index in [-0.39, 0.29) is 18.4 Å². The average Bonchev–Trinajstić information content (AvgIpc) is 3.05. The summed E-state index contributed by atoms with van der Waals surface area (Å²) < 4.78 is 0. The SMILES string of the molecule is CCC1(c2ccccc2)NC(=O)N(CC(=O)N2CCN(c3ccc(Cl)cc3)CC2)C1=O. The number of nitrogens with zero attached hydrogens (tertiary/aromatic N) is 3. The molecule has 31 heavy (non-hydrogen) atoms. The highest BCUT2D eigenvalue weighted by Gasteiger charge is 2.51.